The molecule has 0 bridgehead atoms. The van der Waals surface area contributed by atoms with Crippen molar-refractivity contribution >= 4 is 23.2 Å². The van der Waals surface area contributed by atoms with E-state index < -0.39 is 0 Å². The summed E-state index contributed by atoms with van der Waals surface area (Å²) < 4.78 is 0. The summed E-state index contributed by atoms with van der Waals surface area (Å²) in [5, 5.41) is 5.74. The van der Waals surface area contributed by atoms with E-state index in [1.165, 1.54) is 0 Å². The summed E-state index contributed by atoms with van der Waals surface area (Å²) in [4.78, 5) is 30.7. The maximum atomic E-state index is 12.7. The van der Waals surface area contributed by atoms with Crippen LogP contribution in [0.25, 0.3) is 0 Å². The van der Waals surface area contributed by atoms with E-state index in [9.17, 15) is 9.59 Å². The highest BCUT2D eigenvalue weighted by molar-refractivity contribution is 7.09. The van der Waals surface area contributed by atoms with Crippen molar-refractivity contribution in [3.8, 4) is 0 Å². The molecule has 0 saturated carbocycles. The van der Waals surface area contributed by atoms with Crippen molar-refractivity contribution in [3.05, 3.63) is 52.5 Å². The summed E-state index contributed by atoms with van der Waals surface area (Å²) in [7, 11) is 0. The minimum atomic E-state index is -0.192. The van der Waals surface area contributed by atoms with Crippen LogP contribution in [0.5, 0.6) is 0 Å². The van der Waals surface area contributed by atoms with Crippen LogP contribution in [0.1, 0.15) is 29.5 Å². The highest BCUT2D eigenvalue weighted by Gasteiger charge is 2.29. The van der Waals surface area contributed by atoms with Gasteiger partial charge in [0.2, 0.25) is 11.8 Å². The summed E-state index contributed by atoms with van der Waals surface area (Å²) in [6.07, 6.45) is 3.14. The average Bonchev–Trinajstić information content (AvgIpc) is 3.01. The number of rotatable bonds is 4. The predicted octanol–water partition coefficient (Wildman–Crippen LogP) is 2.17. The molecule has 6 heteroatoms. The summed E-state index contributed by atoms with van der Waals surface area (Å²) in [6.45, 7) is 1.05. The number of benzene rings is 1. The molecule has 1 unspecified atom stereocenters. The number of amides is 2. The number of hydrogen-bond acceptors (Lipinski definition) is 4. The van der Waals surface area contributed by atoms with Crippen LogP contribution in [0.4, 0.5) is 0 Å². The average molecular weight is 329 g/mol. The maximum Gasteiger partial charge on any atom is 0.223 e. The standard InChI is InChI=1S/C17H19N3O2S/c21-15-12-14(13-4-2-1-3-5-13)20(10-8-18-15)17(22)7-6-16-19-9-11-23-16/h1-5,9,11,14H,6-8,10,12H2,(H,18,21). The molecule has 2 amide bonds. The molecule has 1 aromatic heterocycles. The fraction of sp³-hybridized carbons (Fsp3) is 0.353. The predicted molar refractivity (Wildman–Crippen MR) is 89.0 cm³/mol. The highest BCUT2D eigenvalue weighted by atomic mass is 32.1. The molecule has 1 fully saturated rings. The van der Waals surface area contributed by atoms with E-state index in [-0.39, 0.29) is 17.9 Å². The summed E-state index contributed by atoms with van der Waals surface area (Å²) >= 11 is 1.56. The molecule has 120 valence electrons. The Bertz CT molecular complexity index is 658. The molecule has 0 spiro atoms. The lowest BCUT2D eigenvalue weighted by Crippen LogP contribution is -2.36. The fourth-order valence-electron chi connectivity index (χ4n) is 2.83. The Morgan fingerprint density at radius 2 is 2.17 bits per heavy atom. The molecule has 1 aliphatic heterocycles. The van der Waals surface area contributed by atoms with Gasteiger partial charge >= 0.3 is 0 Å². The number of nitrogens with one attached hydrogen (secondary N) is 1. The van der Waals surface area contributed by atoms with Gasteiger partial charge in [-0.2, -0.15) is 0 Å². The van der Waals surface area contributed by atoms with Gasteiger partial charge < -0.3 is 10.2 Å². The minimum Gasteiger partial charge on any atom is -0.354 e. The molecule has 2 heterocycles. The topological polar surface area (TPSA) is 62.3 Å². The smallest absolute Gasteiger partial charge is 0.223 e. The van der Waals surface area contributed by atoms with Crippen LogP contribution in [0.3, 0.4) is 0 Å². The second-order valence-electron chi connectivity index (χ2n) is 5.49. The van der Waals surface area contributed by atoms with Gasteiger partial charge in [-0.3, -0.25) is 9.59 Å². The lowest BCUT2D eigenvalue weighted by Gasteiger charge is -2.29. The number of carbonyl (C=O) groups is 2. The lowest BCUT2D eigenvalue weighted by molar-refractivity contribution is -0.133. The molecule has 1 atom stereocenters. The molecule has 2 aromatic rings. The van der Waals surface area contributed by atoms with Crippen LogP contribution in [0, 0.1) is 0 Å². The first-order chi connectivity index (χ1) is 11.2. The third kappa shape index (κ3) is 3.96. The van der Waals surface area contributed by atoms with E-state index in [1.807, 2.05) is 40.6 Å². The molecule has 0 aliphatic carbocycles. The zero-order valence-electron chi connectivity index (χ0n) is 12.8. The Morgan fingerprint density at radius 3 is 2.91 bits per heavy atom. The second kappa shape index (κ2) is 7.37. The SMILES string of the molecule is O=C1CC(c2ccccc2)N(C(=O)CCc2nccs2)CCN1. The van der Waals surface area contributed by atoms with Crippen molar-refractivity contribution < 1.29 is 9.59 Å². The Hall–Kier alpha value is -2.21. The Balaban J connectivity index is 1.75. The molecule has 1 aromatic carbocycles. The first-order valence-corrected chi connectivity index (χ1v) is 8.61. The second-order valence-corrected chi connectivity index (χ2v) is 6.47. The van der Waals surface area contributed by atoms with Gasteiger partial charge in [0.25, 0.3) is 0 Å². The van der Waals surface area contributed by atoms with Crippen molar-refractivity contribution in [1.29, 1.82) is 0 Å². The highest BCUT2D eigenvalue weighted by Crippen LogP contribution is 2.26. The molecule has 5 nitrogen and oxygen atoms in total. The van der Waals surface area contributed by atoms with Gasteiger partial charge in [-0.05, 0) is 5.56 Å². The summed E-state index contributed by atoms with van der Waals surface area (Å²) in [6, 6.07) is 9.58. The van der Waals surface area contributed by atoms with Crippen LogP contribution in [-0.4, -0.2) is 34.8 Å². The van der Waals surface area contributed by atoms with Crippen molar-refractivity contribution in [2.75, 3.05) is 13.1 Å². The first-order valence-electron chi connectivity index (χ1n) is 7.73. The van der Waals surface area contributed by atoms with Crippen molar-refractivity contribution in [2.45, 2.75) is 25.3 Å². The Labute approximate surface area is 139 Å². The number of thiazole rings is 1. The van der Waals surface area contributed by atoms with Crippen molar-refractivity contribution in [1.82, 2.24) is 15.2 Å². The number of hydrogen-bond donors (Lipinski definition) is 1. The van der Waals surface area contributed by atoms with Crippen LogP contribution in [0.15, 0.2) is 41.9 Å². The number of aryl methyl sites for hydroxylation is 1. The minimum absolute atomic E-state index is 0.00548. The van der Waals surface area contributed by atoms with Crippen LogP contribution >= 0.6 is 11.3 Å². The largest absolute Gasteiger partial charge is 0.354 e. The summed E-state index contributed by atoms with van der Waals surface area (Å²) in [5.74, 6) is 0.0691. The van der Waals surface area contributed by atoms with Crippen LogP contribution in [-0.2, 0) is 16.0 Å². The number of aromatic nitrogens is 1. The molecular formula is C17H19N3O2S. The first kappa shape index (κ1) is 15.7. The van der Waals surface area contributed by atoms with Crippen LogP contribution in [0.2, 0.25) is 0 Å². The number of carbonyl (C=O) groups excluding carboxylic acids is 2. The van der Waals surface area contributed by atoms with Gasteiger partial charge in [-0.25, -0.2) is 4.98 Å². The molecule has 23 heavy (non-hydrogen) atoms. The zero-order valence-corrected chi connectivity index (χ0v) is 13.6. The van der Waals surface area contributed by atoms with Crippen LogP contribution < -0.4 is 5.32 Å². The van der Waals surface area contributed by atoms with E-state index in [1.54, 1.807) is 17.5 Å². The molecule has 1 aliphatic rings. The van der Waals surface area contributed by atoms with E-state index >= 15 is 0 Å². The summed E-state index contributed by atoms with van der Waals surface area (Å²) in [5.41, 5.74) is 1.01. The Kier molecular flexibility index (Phi) is 5.02. The quantitative estimate of drug-likeness (QED) is 0.935. The zero-order chi connectivity index (χ0) is 16.1. The lowest BCUT2D eigenvalue weighted by atomic mass is 10.0. The van der Waals surface area contributed by atoms with Gasteiger partial charge in [0.1, 0.15) is 0 Å². The van der Waals surface area contributed by atoms with Crippen molar-refractivity contribution in [2.24, 2.45) is 0 Å². The molecule has 3 rings (SSSR count). The van der Waals surface area contributed by atoms with E-state index in [4.69, 9.17) is 0 Å². The molecule has 1 saturated heterocycles. The fourth-order valence-corrected chi connectivity index (χ4v) is 3.46. The van der Waals surface area contributed by atoms with Gasteiger partial charge in [0, 0.05) is 37.5 Å². The number of nitrogens with zero attached hydrogens (tertiary/aromatic N) is 2. The van der Waals surface area contributed by atoms with Gasteiger partial charge in [-0.15, -0.1) is 11.3 Å². The monoisotopic (exact) mass is 329 g/mol. The van der Waals surface area contributed by atoms with Gasteiger partial charge in [0.05, 0.1) is 17.5 Å². The Morgan fingerprint density at radius 1 is 1.35 bits per heavy atom. The molecule has 1 N–H and O–H groups in total. The molecule has 0 radical (unpaired) electrons. The van der Waals surface area contributed by atoms with Crippen molar-refractivity contribution in [3.63, 3.8) is 0 Å². The third-order valence-electron chi connectivity index (χ3n) is 3.97. The normalized spacial score (nSPS) is 18.3. The van der Waals surface area contributed by atoms with E-state index in [2.05, 4.69) is 10.3 Å². The third-order valence-corrected chi connectivity index (χ3v) is 4.81. The maximum absolute atomic E-state index is 12.7. The van der Waals surface area contributed by atoms with E-state index in [0.717, 1.165) is 10.6 Å². The molecular weight excluding hydrogens is 310 g/mol. The van der Waals surface area contributed by atoms with Gasteiger partial charge in [-0.1, -0.05) is 30.3 Å². The van der Waals surface area contributed by atoms with E-state index in [0.29, 0.717) is 32.4 Å². The van der Waals surface area contributed by atoms with Gasteiger partial charge in [0.15, 0.2) is 0 Å².